The molecule has 1 aromatic rings. The molecule has 1 aromatic carbocycles. The molecule has 1 unspecified atom stereocenters. The molecule has 0 aliphatic heterocycles. The van der Waals surface area contributed by atoms with Gasteiger partial charge < -0.3 is 9.47 Å². The number of hydrogen-bond donors (Lipinski definition) is 0. The minimum atomic E-state index is -0.787. The Kier molecular flexibility index (Phi) is 4.20. The van der Waals surface area contributed by atoms with E-state index in [0.29, 0.717) is 35.1 Å². The summed E-state index contributed by atoms with van der Waals surface area (Å²) >= 11 is 6.05. The van der Waals surface area contributed by atoms with Gasteiger partial charge in [0.05, 0.1) is 17.7 Å². The van der Waals surface area contributed by atoms with Crippen LogP contribution in [0.1, 0.15) is 17.0 Å². The van der Waals surface area contributed by atoms with E-state index in [4.69, 9.17) is 26.3 Å². The highest BCUT2D eigenvalue weighted by Crippen LogP contribution is 2.36. The zero-order chi connectivity index (χ0) is 13.8. The van der Waals surface area contributed by atoms with Gasteiger partial charge in [-0.25, -0.2) is 0 Å². The molecule has 0 aromatic heterocycles. The highest BCUT2D eigenvalue weighted by Gasteiger charge is 2.27. The van der Waals surface area contributed by atoms with Crippen LogP contribution >= 0.6 is 11.6 Å². The van der Waals surface area contributed by atoms with E-state index in [-0.39, 0.29) is 5.78 Å². The molecule has 1 aliphatic carbocycles. The van der Waals surface area contributed by atoms with E-state index in [2.05, 4.69) is 0 Å². The molecule has 0 amide bonds. The number of hydrogen-bond acceptors (Lipinski definition) is 4. The molecular weight excluding hydrogens is 266 g/mol. The third kappa shape index (κ3) is 2.78. The second-order valence-corrected chi connectivity index (χ2v) is 4.45. The first kappa shape index (κ1) is 13.6. The summed E-state index contributed by atoms with van der Waals surface area (Å²) in [6, 6.07) is 7.16. The maximum Gasteiger partial charge on any atom is 0.178 e. The predicted octanol–water partition coefficient (Wildman–Crippen LogP) is 2.48. The molecule has 0 bridgehead atoms. The molecule has 0 spiro atoms. The molecule has 0 heterocycles. The summed E-state index contributed by atoms with van der Waals surface area (Å²) in [5.41, 5.74) is 1.29. The van der Waals surface area contributed by atoms with Crippen LogP contribution < -0.4 is 4.74 Å². The fraction of sp³-hybridized carbons (Fsp3) is 0.286. The SMILES string of the molecule is COCCOc1ccc2c(c1)C(Cl)=CC(=O)C2C#N. The minimum Gasteiger partial charge on any atom is -0.491 e. The van der Waals surface area contributed by atoms with Crippen LogP contribution in [-0.2, 0) is 9.53 Å². The lowest BCUT2D eigenvalue weighted by Gasteiger charge is -2.18. The van der Waals surface area contributed by atoms with E-state index in [1.165, 1.54) is 6.08 Å². The third-order valence-corrected chi connectivity index (χ3v) is 3.14. The Hall–Kier alpha value is -1.83. The number of benzene rings is 1. The maximum absolute atomic E-state index is 11.7. The first-order valence-electron chi connectivity index (χ1n) is 5.74. The Balaban J connectivity index is 2.31. The van der Waals surface area contributed by atoms with E-state index in [0.717, 1.165) is 0 Å². The van der Waals surface area contributed by atoms with Gasteiger partial charge in [0, 0.05) is 18.7 Å². The summed E-state index contributed by atoms with van der Waals surface area (Å²) in [5.74, 6) is -0.438. The summed E-state index contributed by atoms with van der Waals surface area (Å²) in [6.07, 6.45) is 1.29. The highest BCUT2D eigenvalue weighted by atomic mass is 35.5. The fourth-order valence-electron chi connectivity index (χ4n) is 1.90. The summed E-state index contributed by atoms with van der Waals surface area (Å²) in [6.45, 7) is 0.914. The van der Waals surface area contributed by atoms with E-state index in [1.54, 1.807) is 25.3 Å². The Bertz CT molecular complexity index is 575. The standard InChI is InChI=1S/C14H12ClNO3/c1-18-4-5-19-9-2-3-10-11(6-9)13(15)7-14(17)12(10)8-16/h2-3,6-7,12H,4-5H2,1H3. The second kappa shape index (κ2) is 5.87. The van der Waals surface area contributed by atoms with Gasteiger partial charge in [-0.1, -0.05) is 17.7 Å². The van der Waals surface area contributed by atoms with Gasteiger partial charge in [-0.2, -0.15) is 5.26 Å². The average molecular weight is 278 g/mol. The van der Waals surface area contributed by atoms with Gasteiger partial charge in [0.1, 0.15) is 18.3 Å². The molecule has 2 rings (SSSR count). The van der Waals surface area contributed by atoms with E-state index in [9.17, 15) is 4.79 Å². The number of methoxy groups -OCH3 is 1. The van der Waals surface area contributed by atoms with Crippen LogP contribution in [0.3, 0.4) is 0 Å². The molecule has 1 atom stereocenters. The van der Waals surface area contributed by atoms with E-state index in [1.807, 2.05) is 6.07 Å². The van der Waals surface area contributed by atoms with Crippen molar-refractivity contribution in [3.63, 3.8) is 0 Å². The highest BCUT2D eigenvalue weighted by molar-refractivity contribution is 6.51. The van der Waals surface area contributed by atoms with E-state index < -0.39 is 5.92 Å². The smallest absolute Gasteiger partial charge is 0.178 e. The number of fused-ring (bicyclic) bond motifs is 1. The van der Waals surface area contributed by atoms with Gasteiger partial charge in [-0.15, -0.1) is 0 Å². The minimum absolute atomic E-state index is 0.284. The number of rotatable bonds is 4. The molecule has 0 fully saturated rings. The lowest BCUT2D eigenvalue weighted by atomic mass is 9.87. The number of nitrogens with zero attached hydrogens (tertiary/aromatic N) is 1. The Morgan fingerprint density at radius 3 is 2.89 bits per heavy atom. The normalized spacial score (nSPS) is 17.4. The largest absolute Gasteiger partial charge is 0.491 e. The lowest BCUT2D eigenvalue weighted by molar-refractivity contribution is -0.114. The van der Waals surface area contributed by atoms with Gasteiger partial charge in [-0.3, -0.25) is 4.79 Å². The fourth-order valence-corrected chi connectivity index (χ4v) is 2.17. The van der Waals surface area contributed by atoms with Gasteiger partial charge in [0.15, 0.2) is 5.78 Å². The monoisotopic (exact) mass is 277 g/mol. The number of halogens is 1. The van der Waals surface area contributed by atoms with Crippen LogP contribution in [0, 0.1) is 11.3 Å². The van der Waals surface area contributed by atoms with Crippen molar-refractivity contribution in [2.75, 3.05) is 20.3 Å². The molecule has 19 heavy (non-hydrogen) atoms. The zero-order valence-electron chi connectivity index (χ0n) is 10.4. The molecule has 0 saturated heterocycles. The number of carbonyl (C=O) groups excluding carboxylic acids is 1. The summed E-state index contributed by atoms with van der Waals surface area (Å²) in [5, 5.41) is 9.38. The Labute approximate surface area is 116 Å². The van der Waals surface area contributed by atoms with Crippen molar-refractivity contribution in [2.24, 2.45) is 0 Å². The van der Waals surface area contributed by atoms with Crippen molar-refractivity contribution < 1.29 is 14.3 Å². The lowest BCUT2D eigenvalue weighted by Crippen LogP contribution is -2.14. The van der Waals surface area contributed by atoms with Crippen molar-refractivity contribution in [2.45, 2.75) is 5.92 Å². The first-order chi connectivity index (χ1) is 9.17. The number of ketones is 1. The van der Waals surface area contributed by atoms with Crippen LogP contribution in [0.5, 0.6) is 5.75 Å². The molecule has 0 radical (unpaired) electrons. The van der Waals surface area contributed by atoms with Crippen molar-refractivity contribution in [3.8, 4) is 11.8 Å². The van der Waals surface area contributed by atoms with Crippen LogP contribution in [0.4, 0.5) is 0 Å². The van der Waals surface area contributed by atoms with Gasteiger partial charge >= 0.3 is 0 Å². The molecule has 0 saturated carbocycles. The van der Waals surface area contributed by atoms with Crippen LogP contribution in [-0.4, -0.2) is 26.1 Å². The van der Waals surface area contributed by atoms with Crippen molar-refractivity contribution in [1.29, 1.82) is 5.26 Å². The Morgan fingerprint density at radius 2 is 2.21 bits per heavy atom. The van der Waals surface area contributed by atoms with Crippen molar-refractivity contribution in [3.05, 3.63) is 35.4 Å². The molecule has 4 nitrogen and oxygen atoms in total. The quantitative estimate of drug-likeness (QED) is 0.793. The molecule has 98 valence electrons. The molecule has 1 aliphatic rings. The van der Waals surface area contributed by atoms with Crippen LogP contribution in [0.25, 0.3) is 5.03 Å². The van der Waals surface area contributed by atoms with Crippen molar-refractivity contribution >= 4 is 22.4 Å². The molecule has 5 heteroatoms. The topological polar surface area (TPSA) is 59.3 Å². The third-order valence-electron chi connectivity index (χ3n) is 2.83. The summed E-state index contributed by atoms with van der Waals surface area (Å²) in [7, 11) is 1.60. The number of nitriles is 1. The second-order valence-electron chi connectivity index (χ2n) is 4.05. The summed E-state index contributed by atoms with van der Waals surface area (Å²) < 4.78 is 10.4. The zero-order valence-corrected chi connectivity index (χ0v) is 11.1. The number of carbonyl (C=O) groups is 1. The van der Waals surface area contributed by atoms with Gasteiger partial charge in [0.2, 0.25) is 0 Å². The van der Waals surface area contributed by atoms with Crippen molar-refractivity contribution in [1.82, 2.24) is 0 Å². The van der Waals surface area contributed by atoms with E-state index >= 15 is 0 Å². The van der Waals surface area contributed by atoms with Gasteiger partial charge in [-0.05, 0) is 17.7 Å². The predicted molar refractivity (Wildman–Crippen MR) is 71.0 cm³/mol. The maximum atomic E-state index is 11.7. The summed E-state index contributed by atoms with van der Waals surface area (Å²) in [4.78, 5) is 11.7. The molecular formula is C14H12ClNO3. The number of allylic oxidation sites excluding steroid dienone is 1. The van der Waals surface area contributed by atoms with Gasteiger partial charge in [0.25, 0.3) is 0 Å². The van der Waals surface area contributed by atoms with Crippen LogP contribution in [0.2, 0.25) is 0 Å². The number of ether oxygens (including phenoxy) is 2. The first-order valence-corrected chi connectivity index (χ1v) is 6.12. The Morgan fingerprint density at radius 1 is 1.42 bits per heavy atom. The molecule has 0 N–H and O–H groups in total. The van der Waals surface area contributed by atoms with Crippen LogP contribution in [0.15, 0.2) is 24.3 Å². The average Bonchev–Trinajstić information content (AvgIpc) is 2.40.